The lowest BCUT2D eigenvalue weighted by Gasteiger charge is -2.46. The van der Waals surface area contributed by atoms with E-state index >= 15 is 0 Å². The van der Waals surface area contributed by atoms with Gasteiger partial charge in [-0.05, 0) is 25.1 Å². The molecule has 29 heavy (non-hydrogen) atoms. The van der Waals surface area contributed by atoms with E-state index in [0.717, 1.165) is 38.5 Å². The number of piperazine rings is 1. The van der Waals surface area contributed by atoms with E-state index in [1.807, 2.05) is 12.1 Å². The largest absolute Gasteiger partial charge is 0.490 e. The van der Waals surface area contributed by atoms with Crippen LogP contribution in [0.15, 0.2) is 35.4 Å². The summed E-state index contributed by atoms with van der Waals surface area (Å²) in [5, 5.41) is 21.8. The minimum atomic E-state index is -1.65. The van der Waals surface area contributed by atoms with Gasteiger partial charge in [-0.15, -0.1) is 0 Å². The molecule has 3 N–H and O–H groups in total. The van der Waals surface area contributed by atoms with Gasteiger partial charge in [0, 0.05) is 44.4 Å². The normalized spacial score (nSPS) is 20.4. The molecular formula is C19H26BN5O4. The molecule has 2 saturated heterocycles. The van der Waals surface area contributed by atoms with E-state index in [4.69, 9.17) is 4.74 Å². The first-order chi connectivity index (χ1) is 13.9. The SMILES string of the molecule is CC1CN(C2COC2)CCN1c1ccc(Nc2cc(B(O)O)cn(C)c2=O)nc1. The number of aryl methyl sites for hydroxylation is 1. The van der Waals surface area contributed by atoms with Crippen molar-refractivity contribution in [3.63, 3.8) is 0 Å². The number of anilines is 3. The molecule has 10 heteroatoms. The van der Waals surface area contributed by atoms with Crippen LogP contribution in [0.4, 0.5) is 17.2 Å². The topological polar surface area (TPSA) is 103 Å². The van der Waals surface area contributed by atoms with Crippen molar-refractivity contribution in [2.75, 3.05) is 43.1 Å². The van der Waals surface area contributed by atoms with Crippen molar-refractivity contribution in [1.82, 2.24) is 14.5 Å². The molecule has 0 bridgehead atoms. The molecule has 2 aromatic heterocycles. The van der Waals surface area contributed by atoms with E-state index in [1.165, 1.54) is 16.8 Å². The van der Waals surface area contributed by atoms with Gasteiger partial charge in [-0.1, -0.05) is 0 Å². The summed E-state index contributed by atoms with van der Waals surface area (Å²) in [5.74, 6) is 0.522. The fourth-order valence-electron chi connectivity index (χ4n) is 3.87. The first-order valence-electron chi connectivity index (χ1n) is 9.80. The van der Waals surface area contributed by atoms with Crippen LogP contribution in [0.25, 0.3) is 0 Å². The highest BCUT2D eigenvalue weighted by molar-refractivity contribution is 6.58. The lowest BCUT2D eigenvalue weighted by molar-refractivity contribution is -0.0691. The van der Waals surface area contributed by atoms with Gasteiger partial charge in [-0.25, -0.2) is 4.98 Å². The molecule has 0 spiro atoms. The van der Waals surface area contributed by atoms with Gasteiger partial charge in [-0.2, -0.15) is 0 Å². The molecular weight excluding hydrogens is 373 g/mol. The second kappa shape index (κ2) is 8.15. The summed E-state index contributed by atoms with van der Waals surface area (Å²) in [6, 6.07) is 6.17. The number of ether oxygens (including phenoxy) is 1. The summed E-state index contributed by atoms with van der Waals surface area (Å²) in [4.78, 5) is 21.6. The number of aromatic nitrogens is 2. The molecule has 4 heterocycles. The number of pyridine rings is 2. The molecule has 0 saturated carbocycles. The smallest absolute Gasteiger partial charge is 0.423 e. The number of hydrogen-bond acceptors (Lipinski definition) is 8. The summed E-state index contributed by atoms with van der Waals surface area (Å²) < 4.78 is 6.61. The van der Waals surface area contributed by atoms with Gasteiger partial charge in [-0.3, -0.25) is 9.69 Å². The van der Waals surface area contributed by atoms with Crippen molar-refractivity contribution in [1.29, 1.82) is 0 Å². The first-order valence-corrected chi connectivity index (χ1v) is 9.80. The van der Waals surface area contributed by atoms with Crippen LogP contribution in [0.3, 0.4) is 0 Å². The molecule has 2 aliphatic rings. The predicted molar refractivity (Wildman–Crippen MR) is 112 cm³/mol. The van der Waals surface area contributed by atoms with Crippen LogP contribution in [-0.4, -0.2) is 76.5 Å². The van der Waals surface area contributed by atoms with Crippen LogP contribution in [0, 0.1) is 0 Å². The summed E-state index contributed by atoms with van der Waals surface area (Å²) in [6.07, 6.45) is 3.20. The summed E-state index contributed by atoms with van der Waals surface area (Å²) in [6.45, 7) is 6.83. The van der Waals surface area contributed by atoms with Crippen LogP contribution in [0.5, 0.6) is 0 Å². The third-order valence-corrected chi connectivity index (χ3v) is 5.64. The Labute approximate surface area is 169 Å². The molecule has 0 amide bonds. The Bertz CT molecular complexity index is 916. The maximum atomic E-state index is 12.3. The van der Waals surface area contributed by atoms with Crippen LogP contribution < -0.4 is 21.2 Å². The average Bonchev–Trinajstić information content (AvgIpc) is 2.65. The highest BCUT2D eigenvalue weighted by Gasteiger charge is 2.32. The van der Waals surface area contributed by atoms with Crippen LogP contribution >= 0.6 is 0 Å². The zero-order valence-corrected chi connectivity index (χ0v) is 16.7. The zero-order valence-electron chi connectivity index (χ0n) is 16.7. The molecule has 1 unspecified atom stereocenters. The van der Waals surface area contributed by atoms with Gasteiger partial charge >= 0.3 is 7.12 Å². The van der Waals surface area contributed by atoms with Crippen molar-refractivity contribution >= 4 is 29.8 Å². The third-order valence-electron chi connectivity index (χ3n) is 5.64. The Hall–Kier alpha value is -2.40. The van der Waals surface area contributed by atoms with Gasteiger partial charge in [0.05, 0.1) is 31.1 Å². The van der Waals surface area contributed by atoms with Crippen molar-refractivity contribution in [3.05, 3.63) is 40.9 Å². The van der Waals surface area contributed by atoms with Crippen LogP contribution in [-0.2, 0) is 11.8 Å². The van der Waals surface area contributed by atoms with Gasteiger partial charge in [0.1, 0.15) is 11.5 Å². The van der Waals surface area contributed by atoms with E-state index in [2.05, 4.69) is 27.0 Å². The number of nitrogens with one attached hydrogen (secondary N) is 1. The Kier molecular flexibility index (Phi) is 5.59. The van der Waals surface area contributed by atoms with Crippen molar-refractivity contribution < 1.29 is 14.8 Å². The van der Waals surface area contributed by atoms with Gasteiger partial charge < -0.3 is 29.6 Å². The van der Waals surface area contributed by atoms with E-state index in [0.29, 0.717) is 17.9 Å². The van der Waals surface area contributed by atoms with E-state index in [-0.39, 0.29) is 16.7 Å². The number of hydrogen-bond donors (Lipinski definition) is 3. The quantitative estimate of drug-likeness (QED) is 0.557. The van der Waals surface area contributed by atoms with Crippen molar-refractivity contribution in [2.24, 2.45) is 7.05 Å². The van der Waals surface area contributed by atoms with Gasteiger partial charge in [0.2, 0.25) is 0 Å². The lowest BCUT2D eigenvalue weighted by atomic mass is 9.81. The average molecular weight is 399 g/mol. The second-order valence-electron chi connectivity index (χ2n) is 7.73. The first kappa shape index (κ1) is 19.9. The third kappa shape index (κ3) is 4.15. The van der Waals surface area contributed by atoms with Crippen molar-refractivity contribution in [3.8, 4) is 0 Å². The Morgan fingerprint density at radius 2 is 2.07 bits per heavy atom. The van der Waals surface area contributed by atoms with Crippen molar-refractivity contribution in [2.45, 2.75) is 19.0 Å². The molecule has 9 nitrogen and oxygen atoms in total. The number of rotatable bonds is 5. The summed E-state index contributed by atoms with van der Waals surface area (Å²) in [7, 11) is -0.0866. The van der Waals surface area contributed by atoms with E-state index in [1.54, 1.807) is 13.2 Å². The lowest BCUT2D eigenvalue weighted by Crippen LogP contribution is -2.59. The molecule has 1 atom stereocenters. The number of nitrogens with zero attached hydrogens (tertiary/aromatic N) is 4. The zero-order chi connectivity index (χ0) is 20.5. The predicted octanol–water partition coefficient (Wildman–Crippen LogP) is -0.887. The van der Waals surface area contributed by atoms with Crippen LogP contribution in [0.1, 0.15) is 6.92 Å². The second-order valence-corrected chi connectivity index (χ2v) is 7.73. The minimum Gasteiger partial charge on any atom is -0.423 e. The van der Waals surface area contributed by atoms with E-state index in [9.17, 15) is 14.8 Å². The highest BCUT2D eigenvalue weighted by atomic mass is 16.5. The molecule has 2 aromatic rings. The minimum absolute atomic E-state index is 0.231. The van der Waals surface area contributed by atoms with Crippen LogP contribution in [0.2, 0.25) is 0 Å². The Morgan fingerprint density at radius 3 is 2.66 bits per heavy atom. The molecule has 2 aliphatic heterocycles. The molecule has 4 rings (SSSR count). The Morgan fingerprint density at radius 1 is 1.28 bits per heavy atom. The standard InChI is InChI=1S/C19H26BN5O4/c1-13-9-24(16-11-29-12-16)5-6-25(13)15-3-4-18(21-8-15)22-17-7-14(20(27)28)10-23(2)19(17)26/h3-4,7-8,10,13,16,27-28H,5-6,9,11-12H2,1-2H3,(H,21,22). The van der Waals surface area contributed by atoms with Gasteiger partial charge in [0.25, 0.3) is 5.56 Å². The fraction of sp³-hybridized carbons (Fsp3) is 0.474. The summed E-state index contributed by atoms with van der Waals surface area (Å²) in [5.41, 5.74) is 1.24. The van der Waals surface area contributed by atoms with Gasteiger partial charge in [0.15, 0.2) is 0 Å². The Balaban J connectivity index is 1.45. The molecule has 154 valence electrons. The monoisotopic (exact) mass is 399 g/mol. The maximum Gasteiger partial charge on any atom is 0.490 e. The fourth-order valence-corrected chi connectivity index (χ4v) is 3.87. The maximum absolute atomic E-state index is 12.3. The molecule has 0 radical (unpaired) electrons. The molecule has 2 fully saturated rings. The van der Waals surface area contributed by atoms with E-state index < -0.39 is 7.12 Å². The summed E-state index contributed by atoms with van der Waals surface area (Å²) >= 11 is 0. The molecule has 0 aliphatic carbocycles. The highest BCUT2D eigenvalue weighted by Crippen LogP contribution is 2.24. The molecule has 0 aromatic carbocycles.